The minimum atomic E-state index is -0.316. The Morgan fingerprint density at radius 2 is 1.90 bits per heavy atom. The van der Waals surface area contributed by atoms with Gasteiger partial charge in [0, 0.05) is 18.3 Å². The highest BCUT2D eigenvalue weighted by atomic mass is 32.2. The molecular formula is C23H22FN3OS. The zero-order chi connectivity index (χ0) is 20.8. The maximum absolute atomic E-state index is 13.0. The van der Waals surface area contributed by atoms with Crippen LogP contribution in [0, 0.1) is 5.82 Å². The predicted octanol–water partition coefficient (Wildman–Crippen LogP) is 5.35. The summed E-state index contributed by atoms with van der Waals surface area (Å²) in [5.74, 6) is -0.498. The van der Waals surface area contributed by atoms with E-state index in [9.17, 15) is 9.18 Å². The zero-order valence-corrected chi connectivity index (χ0v) is 17.6. The van der Waals surface area contributed by atoms with E-state index in [2.05, 4.69) is 61.2 Å². The summed E-state index contributed by atoms with van der Waals surface area (Å²) in [5.41, 5.74) is 5.10. The molecule has 4 nitrogen and oxygen atoms in total. The van der Waals surface area contributed by atoms with Gasteiger partial charge in [-0.3, -0.25) is 4.79 Å². The van der Waals surface area contributed by atoms with Crippen LogP contribution in [0.4, 0.5) is 15.8 Å². The van der Waals surface area contributed by atoms with Gasteiger partial charge in [0.15, 0.2) is 5.17 Å². The van der Waals surface area contributed by atoms with Gasteiger partial charge in [-0.15, -0.1) is 0 Å². The Labute approximate surface area is 174 Å². The lowest BCUT2D eigenvalue weighted by Gasteiger charge is -2.40. The number of hydrogen-bond acceptors (Lipinski definition) is 4. The minimum absolute atomic E-state index is 0.0377. The number of rotatable bonds is 2. The molecule has 1 amide bonds. The van der Waals surface area contributed by atoms with Gasteiger partial charge in [0.05, 0.1) is 16.1 Å². The third-order valence-electron chi connectivity index (χ3n) is 5.25. The van der Waals surface area contributed by atoms with Crippen molar-refractivity contribution >= 4 is 45.9 Å². The van der Waals surface area contributed by atoms with E-state index in [4.69, 9.17) is 0 Å². The number of hydrogen-bond donors (Lipinski definition) is 1. The highest BCUT2D eigenvalue weighted by Gasteiger charge is 2.29. The number of amidine groups is 1. The summed E-state index contributed by atoms with van der Waals surface area (Å²) >= 11 is 1.28. The summed E-state index contributed by atoms with van der Waals surface area (Å²) in [6.07, 6.45) is 4.14. The van der Waals surface area contributed by atoms with Crippen LogP contribution < -0.4 is 10.2 Å². The van der Waals surface area contributed by atoms with Crippen molar-refractivity contribution in [3.63, 3.8) is 0 Å². The van der Waals surface area contributed by atoms with E-state index in [0.717, 1.165) is 5.56 Å². The molecule has 0 spiro atoms. The van der Waals surface area contributed by atoms with Crippen LogP contribution in [0.3, 0.4) is 0 Å². The lowest BCUT2D eigenvalue weighted by atomic mass is 9.88. The molecule has 0 aliphatic carbocycles. The zero-order valence-electron chi connectivity index (χ0n) is 16.8. The molecule has 4 rings (SSSR count). The van der Waals surface area contributed by atoms with Crippen LogP contribution in [0.25, 0.3) is 11.6 Å². The summed E-state index contributed by atoms with van der Waals surface area (Å²) in [4.78, 5) is 19.6. The Kier molecular flexibility index (Phi) is 4.82. The first-order valence-corrected chi connectivity index (χ1v) is 10.2. The second kappa shape index (κ2) is 7.19. The SMILES string of the molecule is CC1=CC(C)(C)N(C)c2ccc(/C=C3/SC(=Nc4ccc(F)cc4)NC3=O)cc21. The van der Waals surface area contributed by atoms with E-state index in [-0.39, 0.29) is 17.3 Å². The van der Waals surface area contributed by atoms with Gasteiger partial charge in [-0.25, -0.2) is 9.38 Å². The van der Waals surface area contributed by atoms with Crippen molar-refractivity contribution in [1.82, 2.24) is 5.32 Å². The molecule has 0 bridgehead atoms. The van der Waals surface area contributed by atoms with Crippen molar-refractivity contribution in [2.24, 2.45) is 4.99 Å². The van der Waals surface area contributed by atoms with Gasteiger partial charge in [-0.05, 0) is 86.1 Å². The van der Waals surface area contributed by atoms with Gasteiger partial charge in [0.25, 0.3) is 5.91 Å². The maximum Gasteiger partial charge on any atom is 0.264 e. The summed E-state index contributed by atoms with van der Waals surface area (Å²) in [6.45, 7) is 6.50. The van der Waals surface area contributed by atoms with Crippen LogP contribution in [-0.2, 0) is 4.79 Å². The number of carbonyl (C=O) groups is 1. The Hall–Kier alpha value is -2.86. The second-order valence-corrected chi connectivity index (χ2v) is 8.81. The fourth-order valence-corrected chi connectivity index (χ4v) is 4.37. The largest absolute Gasteiger partial charge is 0.366 e. The Morgan fingerprint density at radius 3 is 2.62 bits per heavy atom. The first-order valence-electron chi connectivity index (χ1n) is 9.36. The molecule has 148 valence electrons. The molecule has 1 fully saturated rings. The third-order valence-corrected chi connectivity index (χ3v) is 6.16. The Balaban J connectivity index is 1.61. The topological polar surface area (TPSA) is 44.7 Å². The number of allylic oxidation sites excluding steroid dienone is 1. The van der Waals surface area contributed by atoms with E-state index < -0.39 is 0 Å². The van der Waals surface area contributed by atoms with E-state index in [1.54, 1.807) is 12.1 Å². The van der Waals surface area contributed by atoms with Crippen LogP contribution in [0.1, 0.15) is 31.9 Å². The second-order valence-electron chi connectivity index (χ2n) is 7.77. The molecule has 2 aromatic rings. The molecule has 29 heavy (non-hydrogen) atoms. The number of benzene rings is 2. The van der Waals surface area contributed by atoms with E-state index in [1.165, 1.54) is 40.7 Å². The van der Waals surface area contributed by atoms with Crippen LogP contribution in [0.15, 0.2) is 58.4 Å². The first kappa shape index (κ1) is 19.5. The van der Waals surface area contributed by atoms with Gasteiger partial charge >= 0.3 is 0 Å². The standard InChI is InChI=1S/C23H22FN3OS/c1-14-13-23(2,3)27(4)19-10-5-15(11-18(14)19)12-20-21(28)26-22(29-20)25-17-8-6-16(24)7-9-17/h5-13H,1-4H3,(H,25,26,28)/b20-12+. The fraction of sp³-hybridized carbons (Fsp3) is 0.217. The van der Waals surface area contributed by atoms with Gasteiger partial charge in [0.1, 0.15) is 5.82 Å². The molecule has 0 saturated carbocycles. The van der Waals surface area contributed by atoms with Crippen molar-refractivity contribution in [3.8, 4) is 0 Å². The average molecular weight is 408 g/mol. The summed E-state index contributed by atoms with van der Waals surface area (Å²) < 4.78 is 13.0. The summed E-state index contributed by atoms with van der Waals surface area (Å²) in [5, 5.41) is 3.26. The molecule has 0 unspecified atom stereocenters. The van der Waals surface area contributed by atoms with Crippen LogP contribution >= 0.6 is 11.8 Å². The number of nitrogens with one attached hydrogen (secondary N) is 1. The molecule has 1 N–H and O–H groups in total. The van der Waals surface area contributed by atoms with Gasteiger partial charge in [-0.1, -0.05) is 12.1 Å². The quantitative estimate of drug-likeness (QED) is 0.683. The number of nitrogens with zero attached hydrogens (tertiary/aromatic N) is 2. The predicted molar refractivity (Wildman–Crippen MR) is 120 cm³/mol. The van der Waals surface area contributed by atoms with Crippen LogP contribution in [-0.4, -0.2) is 23.7 Å². The van der Waals surface area contributed by atoms with Crippen molar-refractivity contribution in [1.29, 1.82) is 0 Å². The number of aliphatic imine (C=N–C) groups is 1. The minimum Gasteiger partial charge on any atom is -0.366 e. The van der Waals surface area contributed by atoms with Crippen molar-refractivity contribution in [3.05, 3.63) is 70.4 Å². The lowest BCUT2D eigenvalue weighted by Crippen LogP contribution is -2.42. The van der Waals surface area contributed by atoms with E-state index in [0.29, 0.717) is 15.8 Å². The summed E-state index contributed by atoms with van der Waals surface area (Å²) in [6, 6.07) is 12.1. The Morgan fingerprint density at radius 1 is 1.17 bits per heavy atom. The molecule has 2 heterocycles. The average Bonchev–Trinajstić information content (AvgIpc) is 3.00. The third kappa shape index (κ3) is 3.85. The molecule has 0 radical (unpaired) electrons. The highest BCUT2D eigenvalue weighted by molar-refractivity contribution is 8.18. The number of fused-ring (bicyclic) bond motifs is 1. The number of halogens is 1. The van der Waals surface area contributed by atoms with Crippen molar-refractivity contribution in [2.75, 3.05) is 11.9 Å². The molecule has 6 heteroatoms. The van der Waals surface area contributed by atoms with E-state index >= 15 is 0 Å². The van der Waals surface area contributed by atoms with Gasteiger partial charge < -0.3 is 10.2 Å². The van der Waals surface area contributed by atoms with Crippen molar-refractivity contribution < 1.29 is 9.18 Å². The number of carbonyl (C=O) groups excluding carboxylic acids is 1. The van der Waals surface area contributed by atoms with Gasteiger partial charge in [0.2, 0.25) is 0 Å². The summed E-state index contributed by atoms with van der Waals surface area (Å²) in [7, 11) is 2.10. The molecular weight excluding hydrogens is 385 g/mol. The first-order chi connectivity index (χ1) is 13.7. The molecule has 0 aromatic heterocycles. The van der Waals surface area contributed by atoms with Gasteiger partial charge in [-0.2, -0.15) is 0 Å². The molecule has 1 saturated heterocycles. The van der Waals surface area contributed by atoms with E-state index in [1.807, 2.05) is 12.1 Å². The van der Waals surface area contributed by atoms with Crippen molar-refractivity contribution in [2.45, 2.75) is 26.3 Å². The van der Waals surface area contributed by atoms with Crippen LogP contribution in [0.5, 0.6) is 0 Å². The molecule has 0 atom stereocenters. The maximum atomic E-state index is 13.0. The molecule has 2 aromatic carbocycles. The lowest BCUT2D eigenvalue weighted by molar-refractivity contribution is -0.115. The number of thioether (sulfide) groups is 1. The monoisotopic (exact) mass is 407 g/mol. The molecule has 2 aliphatic heterocycles. The van der Waals surface area contributed by atoms with Crippen LogP contribution in [0.2, 0.25) is 0 Å². The number of amides is 1. The number of likely N-dealkylation sites (N-methyl/N-ethyl adjacent to an activating group) is 1. The smallest absolute Gasteiger partial charge is 0.264 e. The molecule has 2 aliphatic rings. The Bertz CT molecular complexity index is 1080. The highest BCUT2D eigenvalue weighted by Crippen LogP contribution is 2.39. The fourth-order valence-electron chi connectivity index (χ4n) is 3.53. The number of anilines is 1. The normalized spacial score (nSPS) is 20.7.